The maximum atomic E-state index is 13.9. The van der Waals surface area contributed by atoms with Gasteiger partial charge in [0.25, 0.3) is 0 Å². The number of carbonyl (C=O) groups excluding carboxylic acids is 1. The first-order chi connectivity index (χ1) is 9.49. The molecule has 0 unspecified atom stereocenters. The second-order valence-electron chi connectivity index (χ2n) is 4.59. The predicted molar refractivity (Wildman–Crippen MR) is 73.1 cm³/mol. The van der Waals surface area contributed by atoms with Crippen LogP contribution in [0.3, 0.4) is 0 Å². The molecule has 0 spiro atoms. The molecule has 5 nitrogen and oxygen atoms in total. The van der Waals surface area contributed by atoms with Crippen molar-refractivity contribution in [1.82, 2.24) is 9.55 Å². The molecule has 0 saturated heterocycles. The average Bonchev–Trinajstić information content (AvgIpc) is 2.81. The van der Waals surface area contributed by atoms with Gasteiger partial charge in [0.05, 0.1) is 5.56 Å². The van der Waals surface area contributed by atoms with Crippen LogP contribution in [0.15, 0.2) is 30.6 Å². The van der Waals surface area contributed by atoms with Crippen molar-refractivity contribution in [3.8, 4) is 0 Å². The molecule has 106 valence electrons. The van der Waals surface area contributed by atoms with E-state index in [2.05, 4.69) is 4.98 Å². The minimum Gasteiger partial charge on any atom is -0.454 e. The van der Waals surface area contributed by atoms with E-state index >= 15 is 0 Å². The fourth-order valence-electron chi connectivity index (χ4n) is 1.69. The maximum absolute atomic E-state index is 13.9. The van der Waals surface area contributed by atoms with Crippen LogP contribution in [0.2, 0.25) is 0 Å². The SMILES string of the molecule is CN(C)c1ccc(C(=O)OCc2nccn2C)c(F)c1. The van der Waals surface area contributed by atoms with Crippen LogP contribution in [0.25, 0.3) is 0 Å². The monoisotopic (exact) mass is 277 g/mol. The molecule has 0 fully saturated rings. The van der Waals surface area contributed by atoms with Gasteiger partial charge in [0.1, 0.15) is 18.2 Å². The Morgan fingerprint density at radius 2 is 2.20 bits per heavy atom. The molecule has 1 aromatic heterocycles. The molecular formula is C14H16FN3O2. The number of ether oxygens (including phenoxy) is 1. The van der Waals surface area contributed by atoms with Crippen molar-refractivity contribution in [3.05, 3.63) is 47.8 Å². The molecule has 0 saturated carbocycles. The van der Waals surface area contributed by atoms with E-state index in [0.29, 0.717) is 11.5 Å². The first-order valence-electron chi connectivity index (χ1n) is 6.09. The van der Waals surface area contributed by atoms with Gasteiger partial charge in [-0.15, -0.1) is 0 Å². The zero-order chi connectivity index (χ0) is 14.7. The van der Waals surface area contributed by atoms with Gasteiger partial charge in [0, 0.05) is 39.2 Å². The first kappa shape index (κ1) is 14.0. The smallest absolute Gasteiger partial charge is 0.341 e. The summed E-state index contributed by atoms with van der Waals surface area (Å²) < 4.78 is 20.7. The van der Waals surface area contributed by atoms with Crippen LogP contribution in [-0.4, -0.2) is 29.6 Å². The van der Waals surface area contributed by atoms with Crippen molar-refractivity contribution in [2.75, 3.05) is 19.0 Å². The number of anilines is 1. The van der Waals surface area contributed by atoms with Crippen molar-refractivity contribution in [2.45, 2.75) is 6.61 Å². The minimum absolute atomic E-state index is 0.0111. The van der Waals surface area contributed by atoms with E-state index in [4.69, 9.17) is 4.74 Å². The molecule has 0 aliphatic rings. The molecular weight excluding hydrogens is 261 g/mol. The second-order valence-corrected chi connectivity index (χ2v) is 4.59. The highest BCUT2D eigenvalue weighted by atomic mass is 19.1. The third-order valence-electron chi connectivity index (χ3n) is 2.94. The summed E-state index contributed by atoms with van der Waals surface area (Å²) in [5, 5.41) is 0. The summed E-state index contributed by atoms with van der Waals surface area (Å²) in [7, 11) is 5.39. The number of carbonyl (C=O) groups is 1. The van der Waals surface area contributed by atoms with Crippen LogP contribution in [-0.2, 0) is 18.4 Å². The molecule has 2 aromatic rings. The zero-order valence-electron chi connectivity index (χ0n) is 11.6. The maximum Gasteiger partial charge on any atom is 0.341 e. The summed E-state index contributed by atoms with van der Waals surface area (Å²) in [6.07, 6.45) is 3.35. The molecule has 0 amide bonds. The highest BCUT2D eigenvalue weighted by Crippen LogP contribution is 2.17. The Labute approximate surface area is 116 Å². The lowest BCUT2D eigenvalue weighted by molar-refractivity contribution is 0.0454. The van der Waals surface area contributed by atoms with E-state index in [0.717, 1.165) is 0 Å². The van der Waals surface area contributed by atoms with Crippen LogP contribution in [0.5, 0.6) is 0 Å². The van der Waals surface area contributed by atoms with Gasteiger partial charge >= 0.3 is 5.97 Å². The van der Waals surface area contributed by atoms with Crippen molar-refractivity contribution in [2.24, 2.45) is 7.05 Å². The lowest BCUT2D eigenvalue weighted by atomic mass is 10.2. The van der Waals surface area contributed by atoms with Gasteiger partial charge in [-0.25, -0.2) is 14.2 Å². The van der Waals surface area contributed by atoms with Crippen molar-refractivity contribution in [1.29, 1.82) is 0 Å². The lowest BCUT2D eigenvalue weighted by Crippen LogP contribution is -2.12. The van der Waals surface area contributed by atoms with E-state index in [9.17, 15) is 9.18 Å². The van der Waals surface area contributed by atoms with Crippen LogP contribution in [0.1, 0.15) is 16.2 Å². The number of nitrogens with zero attached hydrogens (tertiary/aromatic N) is 3. The Bertz CT molecular complexity index is 623. The van der Waals surface area contributed by atoms with Gasteiger partial charge < -0.3 is 14.2 Å². The normalized spacial score (nSPS) is 10.4. The molecule has 0 N–H and O–H groups in total. The Balaban J connectivity index is 2.08. The summed E-state index contributed by atoms with van der Waals surface area (Å²) in [6.45, 7) is 0.0111. The van der Waals surface area contributed by atoms with E-state index in [1.54, 1.807) is 49.1 Å². The number of halogens is 1. The zero-order valence-corrected chi connectivity index (χ0v) is 11.6. The Morgan fingerprint density at radius 1 is 1.45 bits per heavy atom. The van der Waals surface area contributed by atoms with Crippen LogP contribution in [0, 0.1) is 5.82 Å². The summed E-state index contributed by atoms with van der Waals surface area (Å²) in [5.41, 5.74) is 0.605. The van der Waals surface area contributed by atoms with Gasteiger partial charge in [-0.3, -0.25) is 0 Å². The van der Waals surface area contributed by atoms with Gasteiger partial charge in [0.2, 0.25) is 0 Å². The fourth-order valence-corrected chi connectivity index (χ4v) is 1.69. The number of aryl methyl sites for hydroxylation is 1. The number of rotatable bonds is 4. The quantitative estimate of drug-likeness (QED) is 0.802. The summed E-state index contributed by atoms with van der Waals surface area (Å²) in [4.78, 5) is 17.6. The predicted octanol–water partition coefficient (Wildman–Crippen LogP) is 1.98. The number of esters is 1. The van der Waals surface area contributed by atoms with E-state index in [-0.39, 0.29) is 12.2 Å². The van der Waals surface area contributed by atoms with E-state index in [1.165, 1.54) is 12.1 Å². The first-order valence-corrected chi connectivity index (χ1v) is 6.09. The fraction of sp³-hybridized carbons (Fsp3) is 0.286. The minimum atomic E-state index is -0.698. The number of hydrogen-bond donors (Lipinski definition) is 0. The topological polar surface area (TPSA) is 47.4 Å². The molecule has 1 aromatic carbocycles. The van der Waals surface area contributed by atoms with Gasteiger partial charge in [-0.2, -0.15) is 0 Å². The highest BCUT2D eigenvalue weighted by molar-refractivity contribution is 5.90. The van der Waals surface area contributed by atoms with Gasteiger partial charge in [-0.1, -0.05) is 0 Å². The highest BCUT2D eigenvalue weighted by Gasteiger charge is 2.15. The molecule has 0 bridgehead atoms. The molecule has 0 atom stereocenters. The number of benzene rings is 1. The Morgan fingerprint density at radius 3 is 2.75 bits per heavy atom. The molecule has 20 heavy (non-hydrogen) atoms. The summed E-state index contributed by atoms with van der Waals surface area (Å²) >= 11 is 0. The summed E-state index contributed by atoms with van der Waals surface area (Å²) in [5.74, 6) is -0.694. The van der Waals surface area contributed by atoms with Crippen molar-refractivity contribution < 1.29 is 13.9 Å². The Kier molecular flexibility index (Phi) is 4.02. The van der Waals surface area contributed by atoms with Crippen LogP contribution in [0.4, 0.5) is 10.1 Å². The average molecular weight is 277 g/mol. The summed E-state index contributed by atoms with van der Waals surface area (Å²) in [6, 6.07) is 4.39. The molecule has 0 aliphatic heterocycles. The number of aromatic nitrogens is 2. The molecule has 0 radical (unpaired) electrons. The number of imidazole rings is 1. The van der Waals surface area contributed by atoms with Gasteiger partial charge in [-0.05, 0) is 18.2 Å². The molecule has 1 heterocycles. The Hall–Kier alpha value is -2.37. The van der Waals surface area contributed by atoms with Crippen LogP contribution < -0.4 is 4.90 Å². The molecule has 6 heteroatoms. The van der Waals surface area contributed by atoms with Crippen LogP contribution >= 0.6 is 0 Å². The second kappa shape index (κ2) is 5.73. The molecule has 2 rings (SSSR count). The van der Waals surface area contributed by atoms with E-state index < -0.39 is 11.8 Å². The molecule has 0 aliphatic carbocycles. The van der Waals surface area contributed by atoms with E-state index in [1.807, 2.05) is 0 Å². The third-order valence-corrected chi connectivity index (χ3v) is 2.94. The van der Waals surface area contributed by atoms with Gasteiger partial charge in [0.15, 0.2) is 0 Å². The van der Waals surface area contributed by atoms with Crippen molar-refractivity contribution >= 4 is 11.7 Å². The van der Waals surface area contributed by atoms with Crippen molar-refractivity contribution in [3.63, 3.8) is 0 Å². The largest absolute Gasteiger partial charge is 0.454 e. The number of hydrogen-bond acceptors (Lipinski definition) is 4. The third kappa shape index (κ3) is 2.96. The standard InChI is InChI=1S/C14H16FN3O2/c1-17(2)10-4-5-11(12(15)8-10)14(19)20-9-13-16-6-7-18(13)3/h4-8H,9H2,1-3H3. The lowest BCUT2D eigenvalue weighted by Gasteiger charge is -2.13.